The molecule has 0 spiro atoms. The van der Waals surface area contributed by atoms with E-state index in [1.807, 2.05) is 19.2 Å². The second-order valence-corrected chi connectivity index (χ2v) is 8.15. The highest BCUT2D eigenvalue weighted by atomic mass is 16.5. The van der Waals surface area contributed by atoms with Gasteiger partial charge in [0, 0.05) is 45.9 Å². The molecule has 1 aliphatic heterocycles. The lowest BCUT2D eigenvalue weighted by molar-refractivity contribution is -0.0352. The minimum atomic E-state index is 0.223. The molecule has 1 saturated heterocycles. The van der Waals surface area contributed by atoms with Crippen LogP contribution in [-0.2, 0) is 16.0 Å². The maximum absolute atomic E-state index is 5.63. The number of methoxy groups -OCH3 is 1. The van der Waals surface area contributed by atoms with Gasteiger partial charge in [-0.05, 0) is 30.5 Å². The second-order valence-electron chi connectivity index (χ2n) is 8.15. The first-order chi connectivity index (χ1) is 14.8. The van der Waals surface area contributed by atoms with Gasteiger partial charge in [-0.15, -0.1) is 0 Å². The Morgan fingerprint density at radius 3 is 2.47 bits per heavy atom. The number of nitrogens with one attached hydrogen (secondary N) is 2. The van der Waals surface area contributed by atoms with E-state index in [0.717, 1.165) is 51.1 Å². The van der Waals surface area contributed by atoms with Crippen LogP contribution in [0.2, 0.25) is 0 Å². The number of benzene rings is 1. The van der Waals surface area contributed by atoms with Crippen molar-refractivity contribution < 1.29 is 14.2 Å². The van der Waals surface area contributed by atoms with E-state index >= 15 is 0 Å². The summed E-state index contributed by atoms with van der Waals surface area (Å²) in [6.07, 6.45) is 6.47. The van der Waals surface area contributed by atoms with E-state index in [1.165, 1.54) is 37.7 Å². The van der Waals surface area contributed by atoms with E-state index in [9.17, 15) is 0 Å². The van der Waals surface area contributed by atoms with Crippen LogP contribution in [-0.4, -0.2) is 76.6 Å². The molecule has 0 atom stereocenters. The van der Waals surface area contributed by atoms with Gasteiger partial charge in [-0.1, -0.05) is 31.4 Å². The fraction of sp³-hybridized carbons (Fsp3) is 0.696. The number of hydrogen-bond donors (Lipinski definition) is 2. The van der Waals surface area contributed by atoms with Crippen molar-refractivity contribution in [3.8, 4) is 5.75 Å². The van der Waals surface area contributed by atoms with Crippen LogP contribution in [0.5, 0.6) is 5.75 Å². The lowest BCUT2D eigenvalue weighted by atomic mass is 9.80. The van der Waals surface area contributed by atoms with Crippen LogP contribution in [0.25, 0.3) is 0 Å². The third-order valence-electron chi connectivity index (χ3n) is 6.21. The van der Waals surface area contributed by atoms with Crippen molar-refractivity contribution in [2.75, 3.05) is 60.2 Å². The maximum Gasteiger partial charge on any atom is 0.191 e. The molecular weight excluding hydrogens is 380 g/mol. The number of rotatable bonds is 9. The Morgan fingerprint density at radius 1 is 1.07 bits per heavy atom. The summed E-state index contributed by atoms with van der Waals surface area (Å²) in [4.78, 5) is 7.09. The second kappa shape index (κ2) is 12.1. The topological polar surface area (TPSA) is 67.4 Å². The van der Waals surface area contributed by atoms with Crippen molar-refractivity contribution in [3.05, 3.63) is 29.8 Å². The molecule has 7 heteroatoms. The number of ether oxygens (including phenoxy) is 3. The average molecular weight is 419 g/mol. The van der Waals surface area contributed by atoms with Crippen LogP contribution in [0.4, 0.5) is 0 Å². The van der Waals surface area contributed by atoms with Crippen molar-refractivity contribution >= 4 is 5.96 Å². The van der Waals surface area contributed by atoms with Crippen LogP contribution in [0.3, 0.4) is 0 Å². The minimum Gasteiger partial charge on any atom is -0.491 e. The molecule has 0 aromatic heterocycles. The van der Waals surface area contributed by atoms with E-state index in [2.05, 4.69) is 32.7 Å². The third-order valence-corrected chi connectivity index (χ3v) is 6.21. The van der Waals surface area contributed by atoms with Crippen LogP contribution in [0.1, 0.15) is 37.7 Å². The SMILES string of the molecule is CN=C(NCc1ccc(OCCOC)cc1)NCC1(N2CCOCC2)CCCCC1. The lowest BCUT2D eigenvalue weighted by Crippen LogP contribution is -2.60. The predicted molar refractivity (Wildman–Crippen MR) is 120 cm³/mol. The lowest BCUT2D eigenvalue weighted by Gasteiger charge is -2.48. The van der Waals surface area contributed by atoms with Gasteiger partial charge in [0.2, 0.25) is 0 Å². The summed E-state index contributed by atoms with van der Waals surface area (Å²) in [5, 5.41) is 7.06. The Balaban J connectivity index is 1.49. The average Bonchev–Trinajstić information content (AvgIpc) is 2.81. The van der Waals surface area contributed by atoms with Crippen molar-refractivity contribution in [3.63, 3.8) is 0 Å². The summed E-state index contributed by atoms with van der Waals surface area (Å²) in [7, 11) is 3.51. The molecule has 2 N–H and O–H groups in total. The maximum atomic E-state index is 5.63. The molecule has 1 aromatic rings. The number of aliphatic imine (C=N–C) groups is 1. The number of hydrogen-bond acceptors (Lipinski definition) is 5. The van der Waals surface area contributed by atoms with E-state index < -0.39 is 0 Å². The monoisotopic (exact) mass is 418 g/mol. The van der Waals surface area contributed by atoms with E-state index in [4.69, 9.17) is 14.2 Å². The van der Waals surface area contributed by atoms with Crippen LogP contribution in [0.15, 0.2) is 29.3 Å². The predicted octanol–water partition coefficient (Wildman–Crippen LogP) is 2.41. The minimum absolute atomic E-state index is 0.223. The normalized spacial score (nSPS) is 20.0. The smallest absolute Gasteiger partial charge is 0.191 e. The highest BCUT2D eigenvalue weighted by Gasteiger charge is 2.38. The van der Waals surface area contributed by atoms with Crippen molar-refractivity contribution in [1.29, 1.82) is 0 Å². The highest BCUT2D eigenvalue weighted by molar-refractivity contribution is 5.79. The molecule has 2 aliphatic rings. The standard InChI is InChI=1S/C23H38N4O3/c1-24-22(25-18-20-6-8-21(9-7-20)30-17-16-28-2)26-19-23(10-4-3-5-11-23)27-12-14-29-15-13-27/h6-9H,3-5,10-19H2,1-2H3,(H2,24,25,26). The molecule has 3 rings (SSSR count). The van der Waals surface area contributed by atoms with Gasteiger partial charge < -0.3 is 24.8 Å². The third kappa shape index (κ3) is 6.59. The number of guanidine groups is 1. The quantitative estimate of drug-likeness (QED) is 0.365. The first kappa shape index (κ1) is 22.8. The van der Waals surface area contributed by atoms with E-state index in [1.54, 1.807) is 7.11 Å². The Labute approximate surface area is 181 Å². The van der Waals surface area contributed by atoms with Gasteiger partial charge in [0.15, 0.2) is 5.96 Å². The van der Waals surface area contributed by atoms with Gasteiger partial charge in [0.1, 0.15) is 12.4 Å². The number of nitrogens with zero attached hydrogens (tertiary/aromatic N) is 2. The van der Waals surface area contributed by atoms with Gasteiger partial charge >= 0.3 is 0 Å². The molecule has 168 valence electrons. The van der Waals surface area contributed by atoms with Gasteiger partial charge in [-0.2, -0.15) is 0 Å². The summed E-state index contributed by atoms with van der Waals surface area (Å²) in [5.41, 5.74) is 1.42. The van der Waals surface area contributed by atoms with Crippen molar-refractivity contribution in [2.45, 2.75) is 44.2 Å². The zero-order chi connectivity index (χ0) is 21.1. The van der Waals surface area contributed by atoms with E-state index in [-0.39, 0.29) is 5.54 Å². The molecule has 7 nitrogen and oxygen atoms in total. The fourth-order valence-corrected chi connectivity index (χ4v) is 4.45. The number of morpholine rings is 1. The van der Waals surface area contributed by atoms with E-state index in [0.29, 0.717) is 13.2 Å². The molecule has 0 radical (unpaired) electrons. The molecular formula is C23H38N4O3. The zero-order valence-electron chi connectivity index (χ0n) is 18.6. The van der Waals surface area contributed by atoms with Gasteiger partial charge in [-0.3, -0.25) is 9.89 Å². The molecule has 1 aliphatic carbocycles. The van der Waals surface area contributed by atoms with Crippen LogP contribution >= 0.6 is 0 Å². The summed E-state index contributed by atoms with van der Waals surface area (Å²) in [6, 6.07) is 8.16. The molecule has 0 unspecified atom stereocenters. The molecule has 2 fully saturated rings. The first-order valence-electron chi connectivity index (χ1n) is 11.2. The van der Waals surface area contributed by atoms with Crippen molar-refractivity contribution in [2.24, 2.45) is 4.99 Å². The molecule has 30 heavy (non-hydrogen) atoms. The van der Waals surface area contributed by atoms with Gasteiger partial charge in [0.05, 0.1) is 19.8 Å². The Bertz CT molecular complexity index is 638. The fourth-order valence-electron chi connectivity index (χ4n) is 4.45. The summed E-state index contributed by atoms with van der Waals surface area (Å²) < 4.78 is 16.2. The van der Waals surface area contributed by atoms with Crippen molar-refractivity contribution in [1.82, 2.24) is 15.5 Å². The largest absolute Gasteiger partial charge is 0.491 e. The Hall–Kier alpha value is -1.83. The molecule has 1 aromatic carbocycles. The van der Waals surface area contributed by atoms with Crippen LogP contribution < -0.4 is 15.4 Å². The Morgan fingerprint density at radius 2 is 1.80 bits per heavy atom. The van der Waals surface area contributed by atoms with Gasteiger partial charge in [0.25, 0.3) is 0 Å². The van der Waals surface area contributed by atoms with Crippen LogP contribution in [0, 0.1) is 0 Å². The summed E-state index contributed by atoms with van der Waals surface area (Å²) in [6.45, 7) is 6.58. The summed E-state index contributed by atoms with van der Waals surface area (Å²) >= 11 is 0. The summed E-state index contributed by atoms with van der Waals surface area (Å²) in [5.74, 6) is 1.72. The molecule has 1 saturated carbocycles. The molecule has 0 amide bonds. The Kier molecular flexibility index (Phi) is 9.24. The molecule has 0 bridgehead atoms. The molecule has 1 heterocycles. The zero-order valence-corrected chi connectivity index (χ0v) is 18.6. The highest BCUT2D eigenvalue weighted by Crippen LogP contribution is 2.33. The first-order valence-corrected chi connectivity index (χ1v) is 11.2. The van der Waals surface area contributed by atoms with Gasteiger partial charge in [-0.25, -0.2) is 0 Å².